The van der Waals surface area contributed by atoms with Crippen LogP contribution < -0.4 is 10.5 Å². The van der Waals surface area contributed by atoms with Crippen molar-refractivity contribution in [2.75, 3.05) is 20.2 Å². The molecule has 1 fully saturated rings. The molecule has 0 aliphatic carbocycles. The lowest BCUT2D eigenvalue weighted by atomic mass is 9.97. The van der Waals surface area contributed by atoms with Gasteiger partial charge in [0.2, 0.25) is 5.91 Å². The van der Waals surface area contributed by atoms with Gasteiger partial charge in [-0.15, -0.1) is 0 Å². The Balaban J connectivity index is 1.96. The minimum Gasteiger partial charge on any atom is -0.497 e. The Labute approximate surface area is 114 Å². The third-order valence-electron chi connectivity index (χ3n) is 3.72. The minimum atomic E-state index is 0.149. The normalized spacial score (nSPS) is 20.4. The molecule has 2 rings (SSSR count). The van der Waals surface area contributed by atoms with E-state index in [4.69, 9.17) is 10.5 Å². The summed E-state index contributed by atoms with van der Waals surface area (Å²) in [6, 6.07) is 8.05. The molecule has 19 heavy (non-hydrogen) atoms. The Kier molecular flexibility index (Phi) is 4.43. The summed E-state index contributed by atoms with van der Waals surface area (Å²) < 4.78 is 5.21. The molecule has 0 aromatic heterocycles. The monoisotopic (exact) mass is 262 g/mol. The Bertz CT molecular complexity index is 448. The number of methoxy groups -OCH3 is 1. The van der Waals surface area contributed by atoms with Gasteiger partial charge in [-0.2, -0.15) is 0 Å². The maximum Gasteiger partial charge on any atom is 0.223 e. The van der Waals surface area contributed by atoms with E-state index in [0.29, 0.717) is 13.0 Å². The fourth-order valence-electron chi connectivity index (χ4n) is 2.47. The molecule has 4 nitrogen and oxygen atoms in total. The molecule has 2 atom stereocenters. The van der Waals surface area contributed by atoms with Gasteiger partial charge in [0.1, 0.15) is 5.75 Å². The first kappa shape index (κ1) is 13.9. The van der Waals surface area contributed by atoms with Crippen molar-refractivity contribution in [1.29, 1.82) is 0 Å². The number of hydrogen-bond donors (Lipinski definition) is 1. The molecule has 1 aliphatic heterocycles. The van der Waals surface area contributed by atoms with E-state index in [0.717, 1.165) is 24.3 Å². The molecule has 0 spiro atoms. The summed E-state index contributed by atoms with van der Waals surface area (Å²) in [5, 5.41) is 0. The average Bonchev–Trinajstić information content (AvgIpc) is 2.85. The third-order valence-corrected chi connectivity index (χ3v) is 3.72. The maximum absolute atomic E-state index is 12.2. The number of nitrogens with two attached hydrogens (primary N) is 1. The van der Waals surface area contributed by atoms with Crippen LogP contribution in [0.5, 0.6) is 5.75 Å². The van der Waals surface area contributed by atoms with Crippen molar-refractivity contribution in [3.05, 3.63) is 29.8 Å². The third kappa shape index (κ3) is 3.47. The van der Waals surface area contributed by atoms with Gasteiger partial charge >= 0.3 is 0 Å². The van der Waals surface area contributed by atoms with Gasteiger partial charge in [0.15, 0.2) is 0 Å². The SMILES string of the molecule is COc1cccc(C(C)CC(=O)N2CCC(N)C2)c1. The van der Waals surface area contributed by atoms with Crippen molar-refractivity contribution in [1.82, 2.24) is 4.90 Å². The molecule has 4 heteroatoms. The number of carbonyl (C=O) groups excluding carboxylic acids is 1. The van der Waals surface area contributed by atoms with Crippen LogP contribution in [0.4, 0.5) is 0 Å². The quantitative estimate of drug-likeness (QED) is 0.899. The fraction of sp³-hybridized carbons (Fsp3) is 0.533. The molecular formula is C15H22N2O2. The first-order valence-corrected chi connectivity index (χ1v) is 6.77. The standard InChI is InChI=1S/C15H22N2O2/c1-11(12-4-3-5-14(9-12)19-2)8-15(18)17-7-6-13(16)10-17/h3-5,9,11,13H,6-8,10,16H2,1-2H3. The number of hydrogen-bond acceptors (Lipinski definition) is 3. The van der Waals surface area contributed by atoms with E-state index in [1.54, 1.807) is 7.11 Å². The van der Waals surface area contributed by atoms with Crippen LogP contribution in [-0.4, -0.2) is 37.0 Å². The first-order chi connectivity index (χ1) is 9.10. The molecule has 1 aromatic carbocycles. The molecule has 2 N–H and O–H groups in total. The first-order valence-electron chi connectivity index (χ1n) is 6.77. The number of carbonyl (C=O) groups is 1. The highest BCUT2D eigenvalue weighted by atomic mass is 16.5. The molecule has 104 valence electrons. The number of likely N-dealkylation sites (tertiary alicyclic amines) is 1. The van der Waals surface area contributed by atoms with E-state index in [9.17, 15) is 4.79 Å². The lowest BCUT2D eigenvalue weighted by Gasteiger charge is -2.19. The molecule has 2 unspecified atom stereocenters. The zero-order valence-corrected chi connectivity index (χ0v) is 11.6. The summed E-state index contributed by atoms with van der Waals surface area (Å²) in [7, 11) is 1.65. The zero-order chi connectivity index (χ0) is 13.8. The highest BCUT2D eigenvalue weighted by Gasteiger charge is 2.24. The minimum absolute atomic E-state index is 0.149. The Morgan fingerprint density at radius 2 is 2.37 bits per heavy atom. The van der Waals surface area contributed by atoms with Crippen molar-refractivity contribution in [3.8, 4) is 5.75 Å². The molecule has 0 radical (unpaired) electrons. The van der Waals surface area contributed by atoms with E-state index in [1.807, 2.05) is 29.2 Å². The Morgan fingerprint density at radius 3 is 3.00 bits per heavy atom. The highest BCUT2D eigenvalue weighted by Crippen LogP contribution is 2.24. The number of nitrogens with zero attached hydrogens (tertiary/aromatic N) is 1. The largest absolute Gasteiger partial charge is 0.497 e. The van der Waals surface area contributed by atoms with Crippen molar-refractivity contribution in [3.63, 3.8) is 0 Å². The number of rotatable bonds is 4. The molecule has 1 amide bonds. The second kappa shape index (κ2) is 6.06. The van der Waals surface area contributed by atoms with E-state index >= 15 is 0 Å². The number of amides is 1. The van der Waals surface area contributed by atoms with Gasteiger partial charge in [0.25, 0.3) is 0 Å². The van der Waals surface area contributed by atoms with Crippen LogP contribution in [-0.2, 0) is 4.79 Å². The summed E-state index contributed by atoms with van der Waals surface area (Å²) >= 11 is 0. The molecule has 1 aliphatic rings. The van der Waals surface area contributed by atoms with E-state index < -0.39 is 0 Å². The summed E-state index contributed by atoms with van der Waals surface area (Å²) in [5.41, 5.74) is 6.97. The maximum atomic E-state index is 12.2. The summed E-state index contributed by atoms with van der Waals surface area (Å²) in [6.07, 6.45) is 1.44. The van der Waals surface area contributed by atoms with Gasteiger partial charge in [0, 0.05) is 25.6 Å². The van der Waals surface area contributed by atoms with Crippen LogP contribution >= 0.6 is 0 Å². The van der Waals surface area contributed by atoms with Crippen LogP contribution in [0.3, 0.4) is 0 Å². The predicted molar refractivity (Wildman–Crippen MR) is 75.2 cm³/mol. The van der Waals surface area contributed by atoms with Crippen LogP contribution in [0, 0.1) is 0 Å². The van der Waals surface area contributed by atoms with Crippen molar-refractivity contribution < 1.29 is 9.53 Å². The van der Waals surface area contributed by atoms with Gasteiger partial charge in [-0.25, -0.2) is 0 Å². The van der Waals surface area contributed by atoms with Crippen LogP contribution in [0.2, 0.25) is 0 Å². The summed E-state index contributed by atoms with van der Waals surface area (Å²) in [6.45, 7) is 3.57. The van der Waals surface area contributed by atoms with Crippen molar-refractivity contribution in [2.24, 2.45) is 5.73 Å². The van der Waals surface area contributed by atoms with Gasteiger partial charge in [-0.1, -0.05) is 19.1 Å². The van der Waals surface area contributed by atoms with Crippen molar-refractivity contribution >= 4 is 5.91 Å². The molecule has 1 heterocycles. The summed E-state index contributed by atoms with van der Waals surface area (Å²) in [4.78, 5) is 14.0. The van der Waals surface area contributed by atoms with E-state index in [-0.39, 0.29) is 17.9 Å². The Hall–Kier alpha value is -1.55. The molecule has 0 saturated carbocycles. The molecule has 0 bridgehead atoms. The molecule has 1 aromatic rings. The van der Waals surface area contributed by atoms with Gasteiger partial charge < -0.3 is 15.4 Å². The highest BCUT2D eigenvalue weighted by molar-refractivity contribution is 5.77. The molecule has 1 saturated heterocycles. The van der Waals surface area contributed by atoms with Crippen LogP contribution in [0.1, 0.15) is 31.2 Å². The van der Waals surface area contributed by atoms with Crippen LogP contribution in [0.15, 0.2) is 24.3 Å². The molecular weight excluding hydrogens is 240 g/mol. The number of ether oxygens (including phenoxy) is 1. The summed E-state index contributed by atoms with van der Waals surface area (Å²) in [5.74, 6) is 1.22. The lowest BCUT2D eigenvalue weighted by molar-refractivity contribution is -0.130. The van der Waals surface area contributed by atoms with Crippen molar-refractivity contribution in [2.45, 2.75) is 31.7 Å². The van der Waals surface area contributed by atoms with Crippen LogP contribution in [0.25, 0.3) is 0 Å². The Morgan fingerprint density at radius 1 is 1.58 bits per heavy atom. The second-order valence-electron chi connectivity index (χ2n) is 5.27. The smallest absolute Gasteiger partial charge is 0.223 e. The van der Waals surface area contributed by atoms with Gasteiger partial charge in [0.05, 0.1) is 7.11 Å². The van der Waals surface area contributed by atoms with E-state index in [1.165, 1.54) is 0 Å². The zero-order valence-electron chi connectivity index (χ0n) is 11.6. The predicted octanol–water partition coefficient (Wildman–Crippen LogP) is 1.75. The van der Waals surface area contributed by atoms with Gasteiger partial charge in [-0.05, 0) is 30.0 Å². The number of benzene rings is 1. The van der Waals surface area contributed by atoms with E-state index in [2.05, 4.69) is 6.92 Å². The van der Waals surface area contributed by atoms with Gasteiger partial charge in [-0.3, -0.25) is 4.79 Å². The topological polar surface area (TPSA) is 55.6 Å². The average molecular weight is 262 g/mol. The fourth-order valence-corrected chi connectivity index (χ4v) is 2.47. The second-order valence-corrected chi connectivity index (χ2v) is 5.27. The lowest BCUT2D eigenvalue weighted by Crippen LogP contribution is -2.32.